The summed E-state index contributed by atoms with van der Waals surface area (Å²) < 4.78 is 11.3. The summed E-state index contributed by atoms with van der Waals surface area (Å²) in [7, 11) is 1.80. The van der Waals surface area contributed by atoms with Crippen LogP contribution < -0.4 is 15.4 Å². The van der Waals surface area contributed by atoms with Crippen molar-refractivity contribution in [1.29, 1.82) is 0 Å². The Morgan fingerprint density at radius 3 is 2.67 bits per heavy atom. The van der Waals surface area contributed by atoms with Gasteiger partial charge in [0.1, 0.15) is 5.75 Å². The molecule has 2 rings (SSSR count). The first-order chi connectivity index (χ1) is 12.9. The Morgan fingerprint density at radius 2 is 2.00 bits per heavy atom. The van der Waals surface area contributed by atoms with Gasteiger partial charge in [0.15, 0.2) is 5.96 Å². The maximum absolute atomic E-state index is 5.81. The van der Waals surface area contributed by atoms with Crippen molar-refractivity contribution in [2.75, 3.05) is 46.5 Å². The molecular formula is C21H36N4O2. The normalized spacial score (nSPS) is 16.4. The second-order valence-corrected chi connectivity index (χ2v) is 8.04. The molecule has 1 fully saturated rings. The summed E-state index contributed by atoms with van der Waals surface area (Å²) in [5.41, 5.74) is 1.22. The molecule has 27 heavy (non-hydrogen) atoms. The molecule has 1 aromatic rings. The molecule has 0 aromatic heterocycles. The van der Waals surface area contributed by atoms with Gasteiger partial charge in [-0.3, -0.25) is 9.89 Å². The third kappa shape index (κ3) is 7.39. The summed E-state index contributed by atoms with van der Waals surface area (Å²) in [6.07, 6.45) is 0. The molecule has 0 radical (unpaired) electrons. The third-order valence-corrected chi connectivity index (χ3v) is 4.72. The van der Waals surface area contributed by atoms with Crippen LogP contribution in [0.4, 0.5) is 0 Å². The van der Waals surface area contributed by atoms with Crippen LogP contribution in [0.2, 0.25) is 0 Å². The molecule has 0 saturated carbocycles. The van der Waals surface area contributed by atoms with Gasteiger partial charge in [0.25, 0.3) is 0 Å². The molecule has 1 aliphatic heterocycles. The zero-order valence-electron chi connectivity index (χ0n) is 17.5. The van der Waals surface area contributed by atoms with E-state index in [4.69, 9.17) is 9.47 Å². The smallest absolute Gasteiger partial charge is 0.191 e. The molecule has 1 saturated heterocycles. The number of hydrogen-bond donors (Lipinski definition) is 2. The average Bonchev–Trinajstić information content (AvgIpc) is 2.67. The summed E-state index contributed by atoms with van der Waals surface area (Å²) in [4.78, 5) is 6.82. The van der Waals surface area contributed by atoms with Crippen molar-refractivity contribution in [1.82, 2.24) is 15.5 Å². The van der Waals surface area contributed by atoms with Gasteiger partial charge in [-0.25, -0.2) is 0 Å². The van der Waals surface area contributed by atoms with E-state index in [-0.39, 0.29) is 5.54 Å². The fourth-order valence-electron chi connectivity index (χ4n) is 3.00. The summed E-state index contributed by atoms with van der Waals surface area (Å²) in [5, 5.41) is 6.85. The van der Waals surface area contributed by atoms with Crippen LogP contribution in [0.1, 0.15) is 33.3 Å². The van der Waals surface area contributed by atoms with Crippen LogP contribution in [0, 0.1) is 5.92 Å². The number of nitrogens with zero attached hydrogens (tertiary/aromatic N) is 2. The van der Waals surface area contributed by atoms with E-state index in [9.17, 15) is 0 Å². The summed E-state index contributed by atoms with van der Waals surface area (Å²) in [5.74, 6) is 2.24. The van der Waals surface area contributed by atoms with Gasteiger partial charge < -0.3 is 20.1 Å². The number of guanidine groups is 1. The van der Waals surface area contributed by atoms with E-state index in [2.05, 4.69) is 60.4 Å². The number of ether oxygens (including phenoxy) is 2. The van der Waals surface area contributed by atoms with E-state index in [1.54, 1.807) is 7.05 Å². The zero-order valence-corrected chi connectivity index (χ0v) is 17.5. The first kappa shape index (κ1) is 21.5. The van der Waals surface area contributed by atoms with Gasteiger partial charge in [0.05, 0.1) is 19.8 Å². The van der Waals surface area contributed by atoms with Gasteiger partial charge in [-0.15, -0.1) is 0 Å². The van der Waals surface area contributed by atoms with E-state index < -0.39 is 0 Å². The Kier molecular flexibility index (Phi) is 8.38. The highest BCUT2D eigenvalue weighted by atomic mass is 16.5. The lowest BCUT2D eigenvalue weighted by atomic mass is 10.0. The molecule has 1 heterocycles. The van der Waals surface area contributed by atoms with Crippen molar-refractivity contribution in [3.8, 4) is 5.75 Å². The van der Waals surface area contributed by atoms with Crippen LogP contribution in [-0.2, 0) is 11.3 Å². The predicted octanol–water partition coefficient (Wildman–Crippen LogP) is 2.50. The molecule has 2 N–H and O–H groups in total. The lowest BCUT2D eigenvalue weighted by molar-refractivity contribution is -0.00834. The van der Waals surface area contributed by atoms with Crippen molar-refractivity contribution in [2.45, 2.75) is 39.8 Å². The molecule has 0 atom stereocenters. The first-order valence-electron chi connectivity index (χ1n) is 9.90. The number of hydrogen-bond acceptors (Lipinski definition) is 4. The largest absolute Gasteiger partial charge is 0.493 e. The minimum Gasteiger partial charge on any atom is -0.493 e. The lowest BCUT2D eigenvalue weighted by Crippen LogP contribution is -2.56. The second-order valence-electron chi connectivity index (χ2n) is 8.04. The van der Waals surface area contributed by atoms with Crippen molar-refractivity contribution < 1.29 is 9.47 Å². The van der Waals surface area contributed by atoms with E-state index in [1.165, 1.54) is 5.56 Å². The van der Waals surface area contributed by atoms with Crippen LogP contribution in [-0.4, -0.2) is 62.9 Å². The van der Waals surface area contributed by atoms with Gasteiger partial charge in [0, 0.05) is 38.8 Å². The SMILES string of the molecule is CN=C(NCc1cccc(OCC(C)C)c1)NCC(C)(C)N1CCOCC1. The predicted molar refractivity (Wildman–Crippen MR) is 111 cm³/mol. The molecule has 1 aliphatic rings. The maximum Gasteiger partial charge on any atom is 0.191 e. The van der Waals surface area contributed by atoms with Gasteiger partial charge in [-0.05, 0) is 37.5 Å². The Morgan fingerprint density at radius 1 is 1.26 bits per heavy atom. The molecule has 0 spiro atoms. The number of morpholine rings is 1. The quantitative estimate of drug-likeness (QED) is 0.539. The molecule has 6 nitrogen and oxygen atoms in total. The number of nitrogens with one attached hydrogen (secondary N) is 2. The van der Waals surface area contributed by atoms with Crippen LogP contribution in [0.5, 0.6) is 5.75 Å². The minimum absolute atomic E-state index is 0.0476. The van der Waals surface area contributed by atoms with Crippen LogP contribution in [0.15, 0.2) is 29.3 Å². The number of rotatable bonds is 8. The fraction of sp³-hybridized carbons (Fsp3) is 0.667. The molecule has 6 heteroatoms. The fourth-order valence-corrected chi connectivity index (χ4v) is 3.00. The summed E-state index contributed by atoms with van der Waals surface area (Å²) >= 11 is 0. The lowest BCUT2D eigenvalue weighted by Gasteiger charge is -2.41. The molecular weight excluding hydrogens is 340 g/mol. The van der Waals surface area contributed by atoms with E-state index >= 15 is 0 Å². The molecule has 0 unspecified atom stereocenters. The standard InChI is InChI=1S/C21H36N4O2/c1-17(2)15-27-19-8-6-7-18(13-19)14-23-20(22-5)24-16-21(3,4)25-9-11-26-12-10-25/h6-8,13,17H,9-12,14-16H2,1-5H3,(H2,22,23,24). The van der Waals surface area contributed by atoms with Crippen LogP contribution in [0.3, 0.4) is 0 Å². The highest BCUT2D eigenvalue weighted by Crippen LogP contribution is 2.16. The molecule has 0 amide bonds. The van der Waals surface area contributed by atoms with E-state index in [0.717, 1.165) is 51.2 Å². The Balaban J connectivity index is 1.82. The maximum atomic E-state index is 5.81. The summed E-state index contributed by atoms with van der Waals surface area (Å²) in [6.45, 7) is 14.7. The Bertz CT molecular complexity index is 596. The zero-order chi connectivity index (χ0) is 19.7. The minimum atomic E-state index is 0.0476. The Hall–Kier alpha value is -1.79. The van der Waals surface area contributed by atoms with Crippen molar-refractivity contribution in [3.05, 3.63) is 29.8 Å². The first-order valence-corrected chi connectivity index (χ1v) is 9.90. The molecule has 0 bridgehead atoms. The van der Waals surface area contributed by atoms with Crippen LogP contribution >= 0.6 is 0 Å². The highest BCUT2D eigenvalue weighted by Gasteiger charge is 2.28. The molecule has 1 aromatic carbocycles. The van der Waals surface area contributed by atoms with Crippen molar-refractivity contribution in [3.63, 3.8) is 0 Å². The van der Waals surface area contributed by atoms with Crippen molar-refractivity contribution in [2.24, 2.45) is 10.9 Å². The monoisotopic (exact) mass is 376 g/mol. The third-order valence-electron chi connectivity index (χ3n) is 4.72. The summed E-state index contributed by atoms with van der Waals surface area (Å²) in [6, 6.07) is 8.22. The van der Waals surface area contributed by atoms with E-state index in [1.807, 2.05) is 12.1 Å². The molecule has 0 aliphatic carbocycles. The van der Waals surface area contributed by atoms with Crippen molar-refractivity contribution >= 4 is 5.96 Å². The highest BCUT2D eigenvalue weighted by molar-refractivity contribution is 5.79. The van der Waals surface area contributed by atoms with Gasteiger partial charge in [0.2, 0.25) is 0 Å². The molecule has 152 valence electrons. The van der Waals surface area contributed by atoms with Gasteiger partial charge in [-0.2, -0.15) is 0 Å². The number of aliphatic imine (C=N–C) groups is 1. The second kappa shape index (κ2) is 10.5. The topological polar surface area (TPSA) is 58.1 Å². The average molecular weight is 377 g/mol. The van der Waals surface area contributed by atoms with Crippen LogP contribution in [0.25, 0.3) is 0 Å². The van der Waals surface area contributed by atoms with E-state index in [0.29, 0.717) is 12.5 Å². The number of benzene rings is 1. The van der Waals surface area contributed by atoms with Gasteiger partial charge in [-0.1, -0.05) is 26.0 Å². The Labute approximate surface area is 164 Å². The van der Waals surface area contributed by atoms with Gasteiger partial charge >= 0.3 is 0 Å².